The third-order valence-corrected chi connectivity index (χ3v) is 5.72. The van der Waals surface area contributed by atoms with Crippen molar-refractivity contribution in [2.45, 2.75) is 26.0 Å². The maximum atomic E-state index is 13.2. The van der Waals surface area contributed by atoms with Crippen molar-refractivity contribution in [2.24, 2.45) is 0 Å². The van der Waals surface area contributed by atoms with Crippen molar-refractivity contribution in [2.75, 3.05) is 52.5 Å². The molecule has 0 unspecified atom stereocenters. The van der Waals surface area contributed by atoms with E-state index in [1.807, 2.05) is 25.1 Å². The van der Waals surface area contributed by atoms with Crippen molar-refractivity contribution in [3.05, 3.63) is 46.3 Å². The number of morpholine rings is 1. The van der Waals surface area contributed by atoms with Crippen LogP contribution >= 0.6 is 0 Å². The molecular formula is C23H29N5O5. The van der Waals surface area contributed by atoms with E-state index < -0.39 is 0 Å². The number of rotatable bonds is 8. The van der Waals surface area contributed by atoms with Crippen LogP contribution in [0.15, 0.2) is 29.2 Å². The highest BCUT2D eigenvalue weighted by molar-refractivity contribution is 5.81. The third kappa shape index (κ3) is 4.91. The first-order valence-electron chi connectivity index (χ1n) is 10.8. The van der Waals surface area contributed by atoms with Crippen LogP contribution in [0.2, 0.25) is 0 Å². The lowest BCUT2D eigenvalue weighted by atomic mass is 10.1. The van der Waals surface area contributed by atoms with Gasteiger partial charge in [-0.25, -0.2) is 15.0 Å². The van der Waals surface area contributed by atoms with Gasteiger partial charge in [0, 0.05) is 38.9 Å². The number of nitrogens with zero attached hydrogens (tertiary/aromatic N) is 5. The van der Waals surface area contributed by atoms with Crippen molar-refractivity contribution < 1.29 is 18.9 Å². The second-order valence-corrected chi connectivity index (χ2v) is 7.84. The van der Waals surface area contributed by atoms with Crippen LogP contribution in [0.3, 0.4) is 0 Å². The number of aromatic nitrogens is 4. The minimum Gasteiger partial charge on any atom is -0.477 e. The number of hydrogen-bond acceptors (Lipinski definition) is 9. The highest BCUT2D eigenvalue weighted by Gasteiger charge is 2.21. The summed E-state index contributed by atoms with van der Waals surface area (Å²) in [6.45, 7) is 4.99. The molecule has 0 bridgehead atoms. The van der Waals surface area contributed by atoms with Gasteiger partial charge in [-0.3, -0.25) is 9.36 Å². The van der Waals surface area contributed by atoms with E-state index in [0.29, 0.717) is 60.4 Å². The Labute approximate surface area is 192 Å². The molecule has 0 spiro atoms. The van der Waals surface area contributed by atoms with Gasteiger partial charge in [0.25, 0.3) is 17.3 Å². The first-order valence-corrected chi connectivity index (χ1v) is 10.8. The van der Waals surface area contributed by atoms with E-state index in [1.54, 1.807) is 17.9 Å². The van der Waals surface area contributed by atoms with Crippen LogP contribution in [-0.2, 0) is 22.4 Å². The molecule has 0 N–H and O–H groups in total. The zero-order valence-electron chi connectivity index (χ0n) is 19.4. The molecule has 0 aliphatic carbocycles. The largest absolute Gasteiger partial charge is 0.477 e. The van der Waals surface area contributed by atoms with Crippen molar-refractivity contribution in [3.63, 3.8) is 0 Å². The highest BCUT2D eigenvalue weighted by atomic mass is 16.5. The molecule has 1 aromatic carbocycles. The quantitative estimate of drug-likeness (QED) is 0.501. The maximum Gasteiger partial charge on any atom is 0.278 e. The summed E-state index contributed by atoms with van der Waals surface area (Å²) in [5, 5.41) is 0.587. The number of methoxy groups -OCH3 is 3. The SMILES string of the molecule is COC[C@H]1CN(c2ccc3c(=O)n(CCc4cnc(OC)c(OC)n4)c(C)nc3c2)CCO1. The average Bonchev–Trinajstić information content (AvgIpc) is 2.83. The van der Waals surface area contributed by atoms with Gasteiger partial charge in [-0.1, -0.05) is 0 Å². The summed E-state index contributed by atoms with van der Waals surface area (Å²) in [5.41, 5.74) is 2.34. The summed E-state index contributed by atoms with van der Waals surface area (Å²) in [6, 6.07) is 5.80. The molecule has 0 amide bonds. The average molecular weight is 456 g/mol. The van der Waals surface area contributed by atoms with Crippen LogP contribution in [0, 0.1) is 6.92 Å². The smallest absolute Gasteiger partial charge is 0.278 e. The van der Waals surface area contributed by atoms with Crippen LogP contribution in [-0.4, -0.2) is 73.3 Å². The topological polar surface area (TPSA) is 101 Å². The predicted octanol–water partition coefficient (Wildman–Crippen LogP) is 1.61. The number of ether oxygens (including phenoxy) is 4. The van der Waals surface area contributed by atoms with E-state index >= 15 is 0 Å². The molecule has 3 heterocycles. The van der Waals surface area contributed by atoms with Gasteiger partial charge < -0.3 is 23.8 Å². The molecule has 4 rings (SSSR count). The highest BCUT2D eigenvalue weighted by Crippen LogP contribution is 2.23. The molecule has 1 atom stereocenters. The van der Waals surface area contributed by atoms with Gasteiger partial charge >= 0.3 is 0 Å². The Bertz CT molecular complexity index is 1180. The van der Waals surface area contributed by atoms with E-state index in [0.717, 1.165) is 18.8 Å². The fourth-order valence-corrected chi connectivity index (χ4v) is 4.04. The first-order chi connectivity index (χ1) is 16.0. The fourth-order valence-electron chi connectivity index (χ4n) is 4.04. The molecule has 1 aliphatic rings. The molecule has 3 aromatic rings. The monoisotopic (exact) mass is 455 g/mol. The van der Waals surface area contributed by atoms with Gasteiger partial charge in [0.15, 0.2) is 0 Å². The van der Waals surface area contributed by atoms with Gasteiger partial charge in [-0.2, -0.15) is 0 Å². The van der Waals surface area contributed by atoms with Gasteiger partial charge in [0.1, 0.15) is 5.82 Å². The Morgan fingerprint density at radius 3 is 2.73 bits per heavy atom. The fraction of sp³-hybridized carbons (Fsp3) is 0.478. The van der Waals surface area contributed by atoms with Gasteiger partial charge in [0.2, 0.25) is 0 Å². The number of hydrogen-bond donors (Lipinski definition) is 0. The number of aryl methyl sites for hydroxylation is 2. The molecule has 1 fully saturated rings. The van der Waals surface area contributed by atoms with E-state index in [9.17, 15) is 4.79 Å². The Kier molecular flexibility index (Phi) is 7.05. The van der Waals surface area contributed by atoms with E-state index in [4.69, 9.17) is 23.9 Å². The van der Waals surface area contributed by atoms with Gasteiger partial charge in [-0.15, -0.1) is 0 Å². The van der Waals surface area contributed by atoms with Gasteiger partial charge in [0.05, 0.1) is 56.3 Å². The zero-order chi connectivity index (χ0) is 23.4. The molecular weight excluding hydrogens is 426 g/mol. The Morgan fingerprint density at radius 2 is 1.97 bits per heavy atom. The summed E-state index contributed by atoms with van der Waals surface area (Å²) in [4.78, 5) is 28.8. The van der Waals surface area contributed by atoms with Crippen molar-refractivity contribution >= 4 is 16.6 Å². The number of fused-ring (bicyclic) bond motifs is 1. The van der Waals surface area contributed by atoms with Crippen molar-refractivity contribution in [3.8, 4) is 11.8 Å². The molecule has 10 heteroatoms. The molecule has 176 valence electrons. The van der Waals surface area contributed by atoms with E-state index in [-0.39, 0.29) is 11.7 Å². The molecule has 0 saturated carbocycles. The lowest BCUT2D eigenvalue weighted by Gasteiger charge is -2.34. The number of anilines is 1. The zero-order valence-corrected chi connectivity index (χ0v) is 19.4. The van der Waals surface area contributed by atoms with Crippen molar-refractivity contribution in [1.82, 2.24) is 19.5 Å². The normalized spacial score (nSPS) is 16.2. The third-order valence-electron chi connectivity index (χ3n) is 5.72. The summed E-state index contributed by atoms with van der Waals surface area (Å²) in [5.74, 6) is 1.29. The standard InChI is InChI=1S/C23H29N5O5/c1-15-25-20-11-17(27-9-10-33-18(13-27)14-30-2)5-6-19(20)23(29)28(15)8-7-16-12-24-21(31-3)22(26-16)32-4/h5-6,11-12,18H,7-10,13-14H2,1-4H3/t18-/m1/s1. The first kappa shape index (κ1) is 22.9. The van der Waals surface area contributed by atoms with Crippen LogP contribution < -0.4 is 19.9 Å². The summed E-state index contributed by atoms with van der Waals surface area (Å²) in [7, 11) is 4.70. The van der Waals surface area contributed by atoms with Crippen LogP contribution in [0.1, 0.15) is 11.5 Å². The number of benzene rings is 1. The van der Waals surface area contributed by atoms with E-state index in [1.165, 1.54) is 14.2 Å². The summed E-state index contributed by atoms with van der Waals surface area (Å²) in [6.07, 6.45) is 2.16. The molecule has 0 radical (unpaired) electrons. The van der Waals surface area contributed by atoms with Crippen LogP contribution in [0.25, 0.3) is 10.9 Å². The molecule has 1 saturated heterocycles. The molecule has 2 aromatic heterocycles. The second kappa shape index (κ2) is 10.1. The molecule has 10 nitrogen and oxygen atoms in total. The van der Waals surface area contributed by atoms with Crippen LogP contribution in [0.5, 0.6) is 11.8 Å². The van der Waals surface area contributed by atoms with Gasteiger partial charge in [-0.05, 0) is 25.1 Å². The molecule has 33 heavy (non-hydrogen) atoms. The minimum absolute atomic E-state index is 0.0295. The molecule has 1 aliphatic heterocycles. The predicted molar refractivity (Wildman–Crippen MR) is 123 cm³/mol. The second-order valence-electron chi connectivity index (χ2n) is 7.84. The minimum atomic E-state index is -0.0725. The van der Waals surface area contributed by atoms with E-state index in [2.05, 4.69) is 14.9 Å². The lowest BCUT2D eigenvalue weighted by Crippen LogP contribution is -2.44. The summed E-state index contributed by atoms with van der Waals surface area (Å²) >= 11 is 0. The maximum absolute atomic E-state index is 13.2. The Balaban J connectivity index is 1.56. The summed E-state index contributed by atoms with van der Waals surface area (Å²) < 4.78 is 23.0. The van der Waals surface area contributed by atoms with Crippen LogP contribution in [0.4, 0.5) is 5.69 Å². The van der Waals surface area contributed by atoms with Crippen molar-refractivity contribution in [1.29, 1.82) is 0 Å². The Morgan fingerprint density at radius 1 is 1.15 bits per heavy atom. The Hall–Kier alpha value is -3.24. The lowest BCUT2D eigenvalue weighted by molar-refractivity contribution is -0.0100.